The molecule has 6 nitrogen and oxygen atoms in total. The molecular formula is C21H22N4O2S. The highest BCUT2D eigenvalue weighted by Crippen LogP contribution is 2.27. The van der Waals surface area contributed by atoms with E-state index in [4.69, 9.17) is 4.74 Å². The number of amides is 1. The number of aromatic nitrogens is 2. The lowest BCUT2D eigenvalue weighted by molar-refractivity contribution is 0.0946. The van der Waals surface area contributed by atoms with Crippen LogP contribution < -0.4 is 15.0 Å². The molecule has 0 bridgehead atoms. The van der Waals surface area contributed by atoms with Gasteiger partial charge in [-0.15, -0.1) is 11.3 Å². The number of anilines is 1. The number of benzene rings is 1. The Morgan fingerprint density at radius 2 is 2.07 bits per heavy atom. The number of carbonyl (C=O) groups excluding carboxylic acids is 1. The first kappa shape index (κ1) is 18.4. The summed E-state index contributed by atoms with van der Waals surface area (Å²) < 4.78 is 5.32. The lowest BCUT2D eigenvalue weighted by Crippen LogP contribution is -2.23. The summed E-state index contributed by atoms with van der Waals surface area (Å²) in [6, 6.07) is 11.6. The Morgan fingerprint density at radius 3 is 2.89 bits per heavy atom. The van der Waals surface area contributed by atoms with Crippen LogP contribution >= 0.6 is 11.3 Å². The van der Waals surface area contributed by atoms with Gasteiger partial charge in [0.15, 0.2) is 0 Å². The van der Waals surface area contributed by atoms with E-state index in [1.807, 2.05) is 36.5 Å². The molecule has 0 aliphatic carbocycles. The molecule has 1 saturated heterocycles. The number of hydrogen-bond donors (Lipinski definition) is 1. The average molecular weight is 395 g/mol. The Kier molecular flexibility index (Phi) is 5.53. The SMILES string of the molecule is COc1ccccc1CNC(=O)c1csc(-c2ccnc(N3CCCC3)c2)n1. The second-order valence-electron chi connectivity index (χ2n) is 6.63. The maximum Gasteiger partial charge on any atom is 0.271 e. The summed E-state index contributed by atoms with van der Waals surface area (Å²) in [6.45, 7) is 2.49. The summed E-state index contributed by atoms with van der Waals surface area (Å²) in [5.74, 6) is 1.54. The maximum atomic E-state index is 12.5. The lowest BCUT2D eigenvalue weighted by atomic mass is 10.2. The molecule has 0 saturated carbocycles. The van der Waals surface area contributed by atoms with E-state index in [0.29, 0.717) is 12.2 Å². The van der Waals surface area contributed by atoms with Crippen molar-refractivity contribution in [3.63, 3.8) is 0 Å². The number of nitrogens with one attached hydrogen (secondary N) is 1. The summed E-state index contributed by atoms with van der Waals surface area (Å²) in [7, 11) is 1.62. The zero-order valence-corrected chi connectivity index (χ0v) is 16.5. The monoisotopic (exact) mass is 394 g/mol. The van der Waals surface area contributed by atoms with Gasteiger partial charge in [-0.05, 0) is 31.0 Å². The Morgan fingerprint density at radius 1 is 1.25 bits per heavy atom. The van der Waals surface area contributed by atoms with Crippen LogP contribution in [0.15, 0.2) is 48.0 Å². The highest BCUT2D eigenvalue weighted by molar-refractivity contribution is 7.13. The molecular weight excluding hydrogens is 372 g/mol. The smallest absolute Gasteiger partial charge is 0.271 e. The van der Waals surface area contributed by atoms with Gasteiger partial charge in [-0.3, -0.25) is 4.79 Å². The third-order valence-electron chi connectivity index (χ3n) is 4.79. The van der Waals surface area contributed by atoms with Gasteiger partial charge < -0.3 is 15.0 Å². The van der Waals surface area contributed by atoms with Crippen LogP contribution in [0.4, 0.5) is 5.82 Å². The zero-order chi connectivity index (χ0) is 19.3. The number of rotatable bonds is 6. The minimum absolute atomic E-state index is 0.192. The second-order valence-corrected chi connectivity index (χ2v) is 7.49. The van der Waals surface area contributed by atoms with E-state index in [0.717, 1.165) is 40.8 Å². The molecule has 144 valence electrons. The molecule has 1 aliphatic heterocycles. The Balaban J connectivity index is 1.45. The summed E-state index contributed by atoms with van der Waals surface area (Å²) >= 11 is 1.47. The average Bonchev–Trinajstić information content (AvgIpc) is 3.45. The number of thiazole rings is 1. The Bertz CT molecular complexity index is 966. The standard InChI is InChI=1S/C21H22N4O2S/c1-27-18-7-3-2-6-16(18)13-23-20(26)17-14-28-21(24-17)15-8-9-22-19(12-15)25-10-4-5-11-25/h2-3,6-9,12,14H,4-5,10-11,13H2,1H3,(H,23,26). The molecule has 0 radical (unpaired) electrons. The number of carbonyl (C=O) groups is 1. The quantitative estimate of drug-likeness (QED) is 0.690. The van der Waals surface area contributed by atoms with Crippen molar-refractivity contribution in [1.82, 2.24) is 15.3 Å². The number of hydrogen-bond acceptors (Lipinski definition) is 6. The molecule has 1 aromatic carbocycles. The fourth-order valence-corrected chi connectivity index (χ4v) is 4.09. The van der Waals surface area contributed by atoms with Crippen LogP contribution in [0.1, 0.15) is 28.9 Å². The first-order valence-corrected chi connectivity index (χ1v) is 10.2. The summed E-state index contributed by atoms with van der Waals surface area (Å²) in [5.41, 5.74) is 2.35. The van der Waals surface area contributed by atoms with Crippen LogP contribution in [0, 0.1) is 0 Å². The highest BCUT2D eigenvalue weighted by Gasteiger charge is 2.16. The largest absolute Gasteiger partial charge is 0.496 e. The van der Waals surface area contributed by atoms with Gasteiger partial charge in [-0.2, -0.15) is 0 Å². The van der Waals surface area contributed by atoms with Gasteiger partial charge in [-0.1, -0.05) is 18.2 Å². The molecule has 0 unspecified atom stereocenters. The summed E-state index contributed by atoms with van der Waals surface area (Å²) in [4.78, 5) is 23.8. The molecule has 3 aromatic rings. The van der Waals surface area contributed by atoms with Crippen LogP contribution in [-0.4, -0.2) is 36.1 Å². The lowest BCUT2D eigenvalue weighted by Gasteiger charge is -2.16. The van der Waals surface area contributed by atoms with E-state index in [1.165, 1.54) is 24.2 Å². The zero-order valence-electron chi connectivity index (χ0n) is 15.7. The van der Waals surface area contributed by atoms with Crippen molar-refractivity contribution in [3.8, 4) is 16.3 Å². The van der Waals surface area contributed by atoms with Crippen molar-refractivity contribution < 1.29 is 9.53 Å². The van der Waals surface area contributed by atoms with Crippen molar-refractivity contribution in [2.75, 3.05) is 25.1 Å². The van der Waals surface area contributed by atoms with Crippen molar-refractivity contribution in [2.45, 2.75) is 19.4 Å². The van der Waals surface area contributed by atoms with Crippen LogP contribution in [0.3, 0.4) is 0 Å². The van der Waals surface area contributed by atoms with Gasteiger partial charge in [0.25, 0.3) is 5.91 Å². The molecule has 3 heterocycles. The Hall–Kier alpha value is -2.93. The molecule has 1 amide bonds. The molecule has 0 spiro atoms. The van der Waals surface area contributed by atoms with E-state index < -0.39 is 0 Å². The third-order valence-corrected chi connectivity index (χ3v) is 5.68. The van der Waals surface area contributed by atoms with E-state index in [1.54, 1.807) is 12.5 Å². The second kappa shape index (κ2) is 8.39. The maximum absolute atomic E-state index is 12.5. The Labute approximate surface area is 168 Å². The number of nitrogens with zero attached hydrogens (tertiary/aromatic N) is 3. The van der Waals surface area contributed by atoms with Crippen molar-refractivity contribution >= 4 is 23.1 Å². The minimum Gasteiger partial charge on any atom is -0.496 e. The van der Waals surface area contributed by atoms with Crippen LogP contribution in [0.2, 0.25) is 0 Å². The van der Waals surface area contributed by atoms with Gasteiger partial charge in [0.1, 0.15) is 22.3 Å². The number of pyridine rings is 1. The molecule has 0 atom stereocenters. The van der Waals surface area contributed by atoms with E-state index >= 15 is 0 Å². The fraction of sp³-hybridized carbons (Fsp3) is 0.286. The van der Waals surface area contributed by atoms with Crippen LogP contribution in [-0.2, 0) is 6.54 Å². The van der Waals surface area contributed by atoms with E-state index in [9.17, 15) is 4.79 Å². The predicted octanol–water partition coefficient (Wildman–Crippen LogP) is 3.74. The molecule has 2 aromatic heterocycles. The van der Waals surface area contributed by atoms with Crippen molar-refractivity contribution in [2.24, 2.45) is 0 Å². The van der Waals surface area contributed by atoms with Gasteiger partial charge in [0, 0.05) is 42.3 Å². The minimum atomic E-state index is -0.192. The van der Waals surface area contributed by atoms with E-state index in [2.05, 4.69) is 26.3 Å². The number of methoxy groups -OCH3 is 1. The van der Waals surface area contributed by atoms with Gasteiger partial charge >= 0.3 is 0 Å². The molecule has 1 fully saturated rings. The summed E-state index contributed by atoms with van der Waals surface area (Å²) in [6.07, 6.45) is 4.23. The number of ether oxygens (including phenoxy) is 1. The first-order valence-electron chi connectivity index (χ1n) is 9.31. The highest BCUT2D eigenvalue weighted by atomic mass is 32.1. The molecule has 1 aliphatic rings. The summed E-state index contributed by atoms with van der Waals surface area (Å²) in [5, 5.41) is 5.53. The normalized spacial score (nSPS) is 13.5. The molecule has 4 rings (SSSR count). The van der Waals surface area contributed by atoms with E-state index in [-0.39, 0.29) is 5.91 Å². The molecule has 28 heavy (non-hydrogen) atoms. The van der Waals surface area contributed by atoms with Crippen molar-refractivity contribution in [3.05, 3.63) is 59.2 Å². The van der Waals surface area contributed by atoms with Gasteiger partial charge in [0.05, 0.1) is 7.11 Å². The first-order chi connectivity index (χ1) is 13.7. The third kappa shape index (κ3) is 3.99. The van der Waals surface area contributed by atoms with Gasteiger partial charge in [-0.25, -0.2) is 9.97 Å². The molecule has 7 heteroatoms. The molecule has 1 N–H and O–H groups in total. The van der Waals surface area contributed by atoms with Crippen LogP contribution in [0.5, 0.6) is 5.75 Å². The number of para-hydroxylation sites is 1. The van der Waals surface area contributed by atoms with Crippen molar-refractivity contribution in [1.29, 1.82) is 0 Å². The predicted molar refractivity (Wildman–Crippen MR) is 111 cm³/mol. The fourth-order valence-electron chi connectivity index (χ4n) is 3.30. The van der Waals surface area contributed by atoms with Crippen LogP contribution in [0.25, 0.3) is 10.6 Å². The van der Waals surface area contributed by atoms with Gasteiger partial charge in [0.2, 0.25) is 0 Å². The topological polar surface area (TPSA) is 67.3 Å².